The van der Waals surface area contributed by atoms with Crippen LogP contribution in [-0.4, -0.2) is 22.1 Å². The monoisotopic (exact) mass is 455 g/mol. The van der Waals surface area contributed by atoms with Crippen LogP contribution in [0.3, 0.4) is 0 Å². The van der Waals surface area contributed by atoms with Gasteiger partial charge in [-0.1, -0.05) is 29.5 Å². The molecule has 10 heteroatoms. The van der Waals surface area contributed by atoms with Crippen molar-refractivity contribution in [2.24, 2.45) is 4.99 Å². The average molecular weight is 456 g/mol. The molecule has 8 nitrogen and oxygen atoms in total. The fourth-order valence-electron chi connectivity index (χ4n) is 3.42. The number of fused-ring (bicyclic) bond motifs is 1. The molecule has 0 spiro atoms. The molecule has 0 bridgehead atoms. The third kappa shape index (κ3) is 3.87. The fraction of sp³-hybridized carbons (Fsp3) is 0.190. The Morgan fingerprint density at radius 3 is 2.84 bits per heavy atom. The molecule has 0 radical (unpaired) electrons. The van der Waals surface area contributed by atoms with Gasteiger partial charge in [-0.2, -0.15) is 0 Å². The predicted molar refractivity (Wildman–Crippen MR) is 118 cm³/mol. The van der Waals surface area contributed by atoms with Gasteiger partial charge in [0.1, 0.15) is 0 Å². The molecule has 1 aliphatic heterocycles. The summed E-state index contributed by atoms with van der Waals surface area (Å²) in [6, 6.07) is 8.85. The summed E-state index contributed by atoms with van der Waals surface area (Å²) in [5.41, 5.74) is 0.602. The van der Waals surface area contributed by atoms with Crippen molar-refractivity contribution in [1.29, 1.82) is 0 Å². The van der Waals surface area contributed by atoms with Crippen LogP contribution in [0.2, 0.25) is 0 Å². The first-order chi connectivity index (χ1) is 14.9. The zero-order chi connectivity index (χ0) is 22.1. The summed E-state index contributed by atoms with van der Waals surface area (Å²) in [5.74, 6) is -0.604. The molecule has 1 aromatic carbocycles. The van der Waals surface area contributed by atoms with Gasteiger partial charge in [0.25, 0.3) is 11.2 Å². The van der Waals surface area contributed by atoms with E-state index in [4.69, 9.17) is 4.74 Å². The molecule has 0 saturated carbocycles. The fourth-order valence-corrected chi connectivity index (χ4v) is 5.19. The van der Waals surface area contributed by atoms with Gasteiger partial charge in [-0.25, -0.2) is 9.79 Å². The molecule has 0 aliphatic carbocycles. The molecule has 158 valence electrons. The maximum Gasteiger partial charge on any atom is 0.338 e. The number of nitro benzene ring substituents is 1. The number of nitro groups is 1. The first-order valence-electron chi connectivity index (χ1n) is 9.38. The Morgan fingerprint density at radius 1 is 1.35 bits per heavy atom. The summed E-state index contributed by atoms with van der Waals surface area (Å²) < 4.78 is 7.11. The third-order valence-corrected chi connectivity index (χ3v) is 6.53. The van der Waals surface area contributed by atoms with Crippen molar-refractivity contribution in [1.82, 2.24) is 4.57 Å². The lowest BCUT2D eigenvalue weighted by molar-refractivity contribution is -0.384. The normalized spacial score (nSPS) is 16.1. The van der Waals surface area contributed by atoms with Crippen LogP contribution < -0.4 is 14.9 Å². The minimum absolute atomic E-state index is 0.129. The number of rotatable bonds is 5. The number of non-ortho nitro benzene ring substituents is 1. The molecule has 3 aromatic rings. The van der Waals surface area contributed by atoms with E-state index in [1.807, 2.05) is 17.5 Å². The molecule has 1 aliphatic rings. The number of benzene rings is 1. The van der Waals surface area contributed by atoms with Gasteiger partial charge in [0.15, 0.2) is 4.80 Å². The number of thiazole rings is 1. The molecule has 0 fully saturated rings. The Bertz CT molecular complexity index is 1380. The van der Waals surface area contributed by atoms with Crippen LogP contribution in [0.15, 0.2) is 62.8 Å². The lowest BCUT2D eigenvalue weighted by Crippen LogP contribution is -2.39. The Balaban J connectivity index is 1.99. The SMILES string of the molecule is CCOC(=O)C1=C(C)N=c2s/c(=C/c3cccs3)c(=O)n2[C@@H]1c1cccc([N+](=O)[O-])c1. The number of aromatic nitrogens is 1. The van der Waals surface area contributed by atoms with Crippen molar-refractivity contribution in [2.75, 3.05) is 6.61 Å². The molecule has 0 N–H and O–H groups in total. The maximum atomic E-state index is 13.4. The van der Waals surface area contributed by atoms with Crippen molar-refractivity contribution in [3.05, 3.63) is 93.3 Å². The highest BCUT2D eigenvalue weighted by Crippen LogP contribution is 2.32. The number of carbonyl (C=O) groups is 1. The zero-order valence-electron chi connectivity index (χ0n) is 16.6. The van der Waals surface area contributed by atoms with Gasteiger partial charge in [-0.15, -0.1) is 11.3 Å². The van der Waals surface area contributed by atoms with E-state index in [1.54, 1.807) is 26.0 Å². The van der Waals surface area contributed by atoms with Crippen molar-refractivity contribution in [3.63, 3.8) is 0 Å². The summed E-state index contributed by atoms with van der Waals surface area (Å²) in [7, 11) is 0. The number of ether oxygens (including phenoxy) is 1. The number of hydrogen-bond acceptors (Lipinski definition) is 8. The molecule has 1 atom stereocenters. The summed E-state index contributed by atoms with van der Waals surface area (Å²) in [6.07, 6.45) is 1.78. The first-order valence-corrected chi connectivity index (χ1v) is 11.1. The van der Waals surface area contributed by atoms with Gasteiger partial charge in [0.2, 0.25) is 0 Å². The van der Waals surface area contributed by atoms with Gasteiger partial charge in [0, 0.05) is 17.0 Å². The topological polar surface area (TPSA) is 104 Å². The van der Waals surface area contributed by atoms with E-state index in [9.17, 15) is 19.7 Å². The average Bonchev–Trinajstić information content (AvgIpc) is 3.35. The van der Waals surface area contributed by atoms with Crippen LogP contribution in [0, 0.1) is 10.1 Å². The first kappa shape index (κ1) is 20.9. The highest BCUT2D eigenvalue weighted by Gasteiger charge is 2.34. The standard InChI is InChI=1S/C21H17N3O5S2/c1-3-29-20(26)17-12(2)22-21-23(18(17)13-6-4-7-14(10-13)24(27)28)19(25)16(31-21)11-15-8-5-9-30-15/h4-11,18H,3H2,1-2H3/b16-11+/t18-/m1/s1. The third-order valence-electron chi connectivity index (χ3n) is 4.73. The molecule has 0 saturated heterocycles. The lowest BCUT2D eigenvalue weighted by Gasteiger charge is -2.24. The molecular weight excluding hydrogens is 438 g/mol. The number of esters is 1. The molecule has 0 unspecified atom stereocenters. The minimum Gasteiger partial charge on any atom is -0.463 e. The Kier molecular flexibility index (Phi) is 5.66. The van der Waals surface area contributed by atoms with Crippen LogP contribution in [0.25, 0.3) is 6.08 Å². The Morgan fingerprint density at radius 2 is 2.16 bits per heavy atom. The van der Waals surface area contributed by atoms with E-state index in [2.05, 4.69) is 4.99 Å². The Labute approximate surface area is 184 Å². The van der Waals surface area contributed by atoms with E-state index < -0.39 is 16.9 Å². The highest BCUT2D eigenvalue weighted by molar-refractivity contribution is 7.11. The second kappa shape index (κ2) is 8.40. The molecule has 2 aromatic heterocycles. The van der Waals surface area contributed by atoms with Crippen LogP contribution in [0.1, 0.15) is 30.3 Å². The number of thiophene rings is 1. The molecule has 0 amide bonds. The second-order valence-corrected chi connectivity index (χ2v) is 8.66. The largest absolute Gasteiger partial charge is 0.463 e. The number of allylic oxidation sites excluding steroid dienone is 1. The van der Waals surface area contributed by atoms with Crippen molar-refractivity contribution in [3.8, 4) is 0 Å². The van der Waals surface area contributed by atoms with Gasteiger partial charge in [0.05, 0.1) is 33.4 Å². The van der Waals surface area contributed by atoms with Crippen molar-refractivity contribution < 1.29 is 14.5 Å². The van der Waals surface area contributed by atoms with Gasteiger partial charge in [-0.05, 0) is 36.9 Å². The quantitative estimate of drug-likeness (QED) is 0.334. The van der Waals surface area contributed by atoms with Crippen molar-refractivity contribution in [2.45, 2.75) is 19.9 Å². The van der Waals surface area contributed by atoms with Crippen molar-refractivity contribution >= 4 is 40.4 Å². The van der Waals surface area contributed by atoms with Crippen LogP contribution in [-0.2, 0) is 9.53 Å². The molecule has 3 heterocycles. The highest BCUT2D eigenvalue weighted by atomic mass is 32.1. The predicted octanol–water partition coefficient (Wildman–Crippen LogP) is 2.77. The summed E-state index contributed by atoms with van der Waals surface area (Å²) >= 11 is 2.71. The van der Waals surface area contributed by atoms with Crippen LogP contribution in [0.5, 0.6) is 0 Å². The lowest BCUT2D eigenvalue weighted by atomic mass is 9.95. The Hall–Kier alpha value is -3.37. The van der Waals surface area contributed by atoms with E-state index in [0.717, 1.165) is 4.88 Å². The maximum absolute atomic E-state index is 13.4. The molecular formula is C21H17N3O5S2. The number of nitrogens with zero attached hydrogens (tertiary/aromatic N) is 3. The second-order valence-electron chi connectivity index (χ2n) is 6.67. The van der Waals surface area contributed by atoms with Gasteiger partial charge < -0.3 is 4.74 Å². The summed E-state index contributed by atoms with van der Waals surface area (Å²) in [6.45, 7) is 3.51. The van der Waals surface area contributed by atoms with E-state index in [0.29, 0.717) is 20.6 Å². The van der Waals surface area contributed by atoms with Crippen LogP contribution in [0.4, 0.5) is 5.69 Å². The number of carbonyl (C=O) groups excluding carboxylic acids is 1. The molecule has 4 rings (SSSR count). The smallest absolute Gasteiger partial charge is 0.338 e. The zero-order valence-corrected chi connectivity index (χ0v) is 18.2. The minimum atomic E-state index is -0.874. The van der Waals surface area contributed by atoms with E-state index >= 15 is 0 Å². The van der Waals surface area contributed by atoms with E-state index in [1.165, 1.54) is 45.4 Å². The van der Waals surface area contributed by atoms with Crippen LogP contribution >= 0.6 is 22.7 Å². The van der Waals surface area contributed by atoms with Gasteiger partial charge >= 0.3 is 5.97 Å². The summed E-state index contributed by atoms with van der Waals surface area (Å²) in [5, 5.41) is 13.2. The summed E-state index contributed by atoms with van der Waals surface area (Å²) in [4.78, 5) is 42.8. The molecule has 31 heavy (non-hydrogen) atoms. The number of hydrogen-bond donors (Lipinski definition) is 0. The van der Waals surface area contributed by atoms with Gasteiger partial charge in [-0.3, -0.25) is 19.5 Å². The van der Waals surface area contributed by atoms with E-state index in [-0.39, 0.29) is 23.4 Å².